The van der Waals surface area contributed by atoms with Crippen molar-refractivity contribution in [3.8, 4) is 0 Å². The van der Waals surface area contributed by atoms with Crippen LogP contribution in [0.5, 0.6) is 0 Å². The fourth-order valence-corrected chi connectivity index (χ4v) is 3.40. The lowest BCUT2D eigenvalue weighted by atomic mass is 10.2. The van der Waals surface area contributed by atoms with Crippen molar-refractivity contribution in [1.29, 1.82) is 0 Å². The molecular formula is C22H35N6O4+. The van der Waals surface area contributed by atoms with Crippen molar-refractivity contribution < 1.29 is 24.6 Å². The number of nitrogens with one attached hydrogen (secondary N) is 2. The van der Waals surface area contributed by atoms with Crippen LogP contribution in [0.1, 0.15) is 33.3 Å². The van der Waals surface area contributed by atoms with Crippen LogP contribution < -0.4 is 16.1 Å². The number of carbonyl (C=O) groups excluding carboxylic acids is 2. The van der Waals surface area contributed by atoms with Gasteiger partial charge in [0.25, 0.3) is 0 Å². The number of ether oxygens (including phenoxy) is 1. The van der Waals surface area contributed by atoms with Crippen molar-refractivity contribution in [2.75, 3.05) is 25.5 Å². The second-order valence-corrected chi connectivity index (χ2v) is 7.39. The van der Waals surface area contributed by atoms with E-state index in [2.05, 4.69) is 15.7 Å². The molecule has 10 heteroatoms. The van der Waals surface area contributed by atoms with Gasteiger partial charge in [0.2, 0.25) is 5.91 Å². The van der Waals surface area contributed by atoms with E-state index in [0.29, 0.717) is 25.3 Å². The van der Waals surface area contributed by atoms with E-state index in [1.165, 1.54) is 10.9 Å². The van der Waals surface area contributed by atoms with Gasteiger partial charge in [-0.25, -0.2) is 9.63 Å². The summed E-state index contributed by atoms with van der Waals surface area (Å²) in [6, 6.07) is 7.32. The first kappa shape index (κ1) is 25.3. The number of carbonyl (C=O) groups is 2. The highest BCUT2D eigenvalue weighted by Gasteiger charge is 2.26. The second-order valence-electron chi connectivity index (χ2n) is 7.39. The van der Waals surface area contributed by atoms with Crippen molar-refractivity contribution >= 4 is 23.3 Å². The van der Waals surface area contributed by atoms with E-state index in [1.807, 2.05) is 52.0 Å². The summed E-state index contributed by atoms with van der Waals surface area (Å²) in [6.45, 7) is 9.54. The Kier molecular flexibility index (Phi) is 10.1. The summed E-state index contributed by atoms with van der Waals surface area (Å²) in [4.78, 5) is 31.5. The van der Waals surface area contributed by atoms with Gasteiger partial charge in [0.1, 0.15) is 6.54 Å². The van der Waals surface area contributed by atoms with Gasteiger partial charge in [-0.3, -0.25) is 9.48 Å². The van der Waals surface area contributed by atoms with Gasteiger partial charge in [0, 0.05) is 38.0 Å². The van der Waals surface area contributed by atoms with Gasteiger partial charge in [-0.15, -0.1) is 0 Å². The first-order valence-electron chi connectivity index (χ1n) is 10.9. The maximum Gasteiger partial charge on any atom is 0.319 e. The van der Waals surface area contributed by atoms with Gasteiger partial charge in [-0.05, 0) is 19.4 Å². The molecule has 3 rings (SSSR count). The Morgan fingerprint density at radius 3 is 2.66 bits per heavy atom. The normalized spacial score (nSPS) is 17.8. The number of benzene rings is 1. The lowest BCUT2D eigenvalue weighted by molar-refractivity contribution is -0.830. The second kappa shape index (κ2) is 12.8. The Morgan fingerprint density at radius 2 is 1.97 bits per heavy atom. The van der Waals surface area contributed by atoms with Crippen molar-refractivity contribution in [2.45, 2.75) is 53.0 Å². The predicted octanol–water partition coefficient (Wildman–Crippen LogP) is 1.62. The summed E-state index contributed by atoms with van der Waals surface area (Å²) < 4.78 is 7.18. The van der Waals surface area contributed by atoms with Gasteiger partial charge < -0.3 is 20.3 Å². The lowest BCUT2D eigenvalue weighted by Gasteiger charge is -2.35. The molecule has 0 radical (unpaired) electrons. The van der Waals surface area contributed by atoms with E-state index in [-0.39, 0.29) is 30.7 Å². The summed E-state index contributed by atoms with van der Waals surface area (Å²) in [7, 11) is 1.59. The molecule has 176 valence electrons. The zero-order valence-corrected chi connectivity index (χ0v) is 19.5. The summed E-state index contributed by atoms with van der Waals surface area (Å²) in [6.07, 6.45) is 3.19. The maximum absolute atomic E-state index is 12.5. The lowest BCUT2D eigenvalue weighted by Crippen LogP contribution is -2.75. The Balaban J connectivity index is 0.00000176. The highest BCUT2D eigenvalue weighted by atomic mass is 16.6. The van der Waals surface area contributed by atoms with E-state index in [9.17, 15) is 9.59 Å². The number of anilines is 1. The van der Waals surface area contributed by atoms with Crippen LogP contribution in [-0.2, 0) is 27.5 Å². The predicted molar refractivity (Wildman–Crippen MR) is 121 cm³/mol. The summed E-state index contributed by atoms with van der Waals surface area (Å²) in [5.41, 5.74) is 4.03. The number of rotatable bonds is 7. The number of amides is 3. The first-order chi connectivity index (χ1) is 15.4. The van der Waals surface area contributed by atoms with Crippen LogP contribution in [0, 0.1) is 0 Å². The molecule has 2 aromatic rings. The zero-order valence-electron chi connectivity index (χ0n) is 19.5. The highest BCUT2D eigenvalue weighted by Crippen LogP contribution is 2.12. The molecule has 0 saturated carbocycles. The van der Waals surface area contributed by atoms with E-state index >= 15 is 0 Å². The minimum absolute atomic E-state index is 0.0179. The molecule has 1 aliphatic rings. The van der Waals surface area contributed by atoms with Gasteiger partial charge in [-0.2, -0.15) is 10.6 Å². The molecule has 4 N–H and O–H groups in total. The molecule has 3 amide bonds. The fraction of sp³-hybridized carbons (Fsp3) is 0.500. The number of urea groups is 1. The largest absolute Gasteiger partial charge is 0.372 e. The number of nitrogens with zero attached hydrogens (tertiary/aromatic N) is 3. The zero-order chi connectivity index (χ0) is 23.5. The summed E-state index contributed by atoms with van der Waals surface area (Å²) >= 11 is 0. The Bertz CT molecular complexity index is 862. The SMILES string of the molecule is CC.CO[NH2+]c1cccc(CNC(=O)Nc2cnn(CC(=O)N3CC(C)OC(C)C3)c2)c1. The minimum Gasteiger partial charge on any atom is -0.372 e. The minimum atomic E-state index is -0.349. The molecule has 0 spiro atoms. The van der Waals surface area contributed by atoms with Crippen LogP contribution in [0.2, 0.25) is 0 Å². The molecule has 10 nitrogen and oxygen atoms in total. The van der Waals surface area contributed by atoms with Gasteiger partial charge >= 0.3 is 6.03 Å². The Morgan fingerprint density at radius 1 is 1.25 bits per heavy atom. The molecule has 1 saturated heterocycles. The molecule has 1 aromatic carbocycles. The molecule has 2 unspecified atom stereocenters. The molecule has 2 heterocycles. The molecule has 32 heavy (non-hydrogen) atoms. The van der Waals surface area contributed by atoms with E-state index in [1.54, 1.807) is 23.7 Å². The monoisotopic (exact) mass is 447 g/mol. The molecule has 0 aliphatic carbocycles. The third-order valence-electron chi connectivity index (χ3n) is 4.62. The van der Waals surface area contributed by atoms with Crippen molar-refractivity contribution in [3.63, 3.8) is 0 Å². The maximum atomic E-state index is 12.5. The topological polar surface area (TPSA) is 114 Å². The standard InChI is InChI=1S/C20H28N6O4.C2H6/c1-14-10-25(11-15(2)30-14)19(27)13-26-12-18(9-22-26)23-20(28)21-8-16-5-4-6-17(7-16)24-29-3;1-2/h4-7,9,12,14-15,24H,8,10-11,13H2,1-3H3,(H2,21,23,28);1-2H3/p+1. The van der Waals surface area contributed by atoms with Crippen LogP contribution in [0.15, 0.2) is 36.7 Å². The highest BCUT2D eigenvalue weighted by molar-refractivity contribution is 5.88. The molecule has 1 aliphatic heterocycles. The van der Waals surface area contributed by atoms with Crippen LogP contribution in [0.3, 0.4) is 0 Å². The van der Waals surface area contributed by atoms with E-state index in [4.69, 9.17) is 9.57 Å². The van der Waals surface area contributed by atoms with E-state index in [0.717, 1.165) is 11.3 Å². The van der Waals surface area contributed by atoms with Crippen LogP contribution >= 0.6 is 0 Å². The summed E-state index contributed by atoms with van der Waals surface area (Å²) in [5, 5.41) is 9.70. The van der Waals surface area contributed by atoms with Crippen LogP contribution in [0.25, 0.3) is 0 Å². The first-order valence-corrected chi connectivity index (χ1v) is 10.9. The number of hydrogen-bond donors (Lipinski definition) is 3. The third-order valence-corrected chi connectivity index (χ3v) is 4.62. The number of quaternary nitrogens is 1. The van der Waals surface area contributed by atoms with E-state index < -0.39 is 0 Å². The van der Waals surface area contributed by atoms with Gasteiger partial charge in [-0.1, -0.05) is 26.0 Å². The molecule has 2 atom stereocenters. The summed E-state index contributed by atoms with van der Waals surface area (Å²) in [5.74, 6) is -0.0242. The van der Waals surface area contributed by atoms with Crippen molar-refractivity contribution in [2.24, 2.45) is 0 Å². The number of aromatic nitrogens is 2. The molecule has 1 aromatic heterocycles. The fourth-order valence-electron chi connectivity index (χ4n) is 3.40. The average Bonchev–Trinajstić information content (AvgIpc) is 3.20. The number of hydrogen-bond acceptors (Lipinski definition) is 5. The van der Waals surface area contributed by atoms with Crippen LogP contribution in [0.4, 0.5) is 16.2 Å². The Hall–Kier alpha value is -2.95. The molecular weight excluding hydrogens is 412 g/mol. The van der Waals surface area contributed by atoms with Crippen LogP contribution in [-0.4, -0.2) is 59.0 Å². The molecule has 1 fully saturated rings. The smallest absolute Gasteiger partial charge is 0.319 e. The Labute approximate surface area is 189 Å². The average molecular weight is 448 g/mol. The number of morpholine rings is 1. The van der Waals surface area contributed by atoms with Gasteiger partial charge in [0.15, 0.2) is 5.69 Å². The number of nitrogens with two attached hydrogens (primary N) is 1. The quantitative estimate of drug-likeness (QED) is 0.441. The van der Waals surface area contributed by atoms with Gasteiger partial charge in [0.05, 0.1) is 31.2 Å². The van der Waals surface area contributed by atoms with Crippen molar-refractivity contribution in [1.82, 2.24) is 20.0 Å². The van der Waals surface area contributed by atoms with Crippen molar-refractivity contribution in [3.05, 3.63) is 42.2 Å². The third kappa shape index (κ3) is 7.95. The molecule has 0 bridgehead atoms.